The summed E-state index contributed by atoms with van der Waals surface area (Å²) in [4.78, 5) is 27.4. The van der Waals surface area contributed by atoms with Crippen molar-refractivity contribution in [1.82, 2.24) is 10.2 Å². The van der Waals surface area contributed by atoms with Gasteiger partial charge in [-0.1, -0.05) is 56.3 Å². The maximum absolute atomic E-state index is 12.8. The van der Waals surface area contributed by atoms with E-state index in [-0.39, 0.29) is 17.9 Å². The van der Waals surface area contributed by atoms with E-state index >= 15 is 0 Å². The van der Waals surface area contributed by atoms with E-state index in [2.05, 4.69) is 29.4 Å². The second-order valence-electron chi connectivity index (χ2n) is 6.98. The molecule has 0 aromatic heterocycles. The summed E-state index contributed by atoms with van der Waals surface area (Å²) in [5.41, 5.74) is 2.04. The predicted octanol–water partition coefficient (Wildman–Crippen LogP) is 4.24. The molecule has 0 aliphatic rings. The number of para-hydroxylation sites is 1. The van der Waals surface area contributed by atoms with Crippen LogP contribution in [-0.4, -0.2) is 36.3 Å². The molecule has 1 atom stereocenters. The van der Waals surface area contributed by atoms with Crippen LogP contribution in [0.15, 0.2) is 54.6 Å². The molecular weight excluding hydrogens is 350 g/mol. The van der Waals surface area contributed by atoms with Gasteiger partial charge < -0.3 is 10.6 Å². The monoisotopic (exact) mass is 381 g/mol. The maximum Gasteiger partial charge on any atom is 0.253 e. The summed E-state index contributed by atoms with van der Waals surface area (Å²) >= 11 is 0. The Morgan fingerprint density at radius 2 is 1.54 bits per heavy atom. The topological polar surface area (TPSA) is 61.4 Å². The van der Waals surface area contributed by atoms with Crippen molar-refractivity contribution in [1.29, 1.82) is 0 Å². The number of hydrogen-bond donors (Lipinski definition) is 2. The van der Waals surface area contributed by atoms with E-state index in [1.165, 1.54) is 0 Å². The average molecular weight is 382 g/mol. The molecule has 1 unspecified atom stereocenters. The standard InChI is InChI=1S/C23H31N3O2/c1-4-15-26(16-5-2)17-22(27)25-21-14-10-9-13-20(21)23(28)24-18(3)19-11-7-6-8-12-19/h6-14,18H,4-5,15-17H2,1-3H3,(H,24,28)(H,25,27). The van der Waals surface area contributed by atoms with Crippen molar-refractivity contribution in [3.63, 3.8) is 0 Å². The molecule has 0 fully saturated rings. The minimum absolute atomic E-state index is 0.0988. The van der Waals surface area contributed by atoms with Crippen LogP contribution in [0.4, 0.5) is 5.69 Å². The maximum atomic E-state index is 12.8. The first-order valence-corrected chi connectivity index (χ1v) is 10.0. The van der Waals surface area contributed by atoms with Gasteiger partial charge in [0.1, 0.15) is 0 Å². The van der Waals surface area contributed by atoms with Gasteiger partial charge in [-0.15, -0.1) is 0 Å². The van der Waals surface area contributed by atoms with Crippen molar-refractivity contribution in [2.24, 2.45) is 0 Å². The van der Waals surface area contributed by atoms with Gasteiger partial charge >= 0.3 is 0 Å². The van der Waals surface area contributed by atoms with Crippen molar-refractivity contribution in [2.45, 2.75) is 39.7 Å². The second kappa shape index (κ2) is 11.2. The summed E-state index contributed by atoms with van der Waals surface area (Å²) in [6, 6.07) is 16.8. The number of carbonyl (C=O) groups is 2. The summed E-state index contributed by atoms with van der Waals surface area (Å²) in [7, 11) is 0. The predicted molar refractivity (Wildman–Crippen MR) is 114 cm³/mol. The highest BCUT2D eigenvalue weighted by Crippen LogP contribution is 2.18. The number of benzene rings is 2. The van der Waals surface area contributed by atoms with Crippen LogP contribution in [0.2, 0.25) is 0 Å². The van der Waals surface area contributed by atoms with Crippen LogP contribution < -0.4 is 10.6 Å². The van der Waals surface area contributed by atoms with Crippen LogP contribution in [0.5, 0.6) is 0 Å². The molecule has 28 heavy (non-hydrogen) atoms. The number of nitrogens with one attached hydrogen (secondary N) is 2. The molecule has 2 amide bonds. The van der Waals surface area contributed by atoms with Crippen LogP contribution >= 0.6 is 0 Å². The summed E-state index contributed by atoms with van der Waals surface area (Å²) in [5, 5.41) is 5.92. The Kier molecular flexibility index (Phi) is 8.69. The first-order valence-electron chi connectivity index (χ1n) is 10.0. The summed E-state index contributed by atoms with van der Waals surface area (Å²) in [5.74, 6) is -0.301. The van der Waals surface area contributed by atoms with E-state index in [1.807, 2.05) is 43.3 Å². The van der Waals surface area contributed by atoms with Crippen LogP contribution in [0.3, 0.4) is 0 Å². The Morgan fingerprint density at radius 3 is 2.18 bits per heavy atom. The van der Waals surface area contributed by atoms with Crippen LogP contribution in [0.1, 0.15) is 55.6 Å². The molecule has 0 spiro atoms. The van der Waals surface area contributed by atoms with E-state index in [4.69, 9.17) is 0 Å². The Balaban J connectivity index is 2.05. The molecule has 2 N–H and O–H groups in total. The molecule has 5 heteroatoms. The van der Waals surface area contributed by atoms with E-state index < -0.39 is 0 Å². The van der Waals surface area contributed by atoms with Gasteiger partial charge in [0.25, 0.3) is 5.91 Å². The van der Waals surface area contributed by atoms with E-state index in [1.54, 1.807) is 18.2 Å². The van der Waals surface area contributed by atoms with Gasteiger partial charge in [0, 0.05) is 0 Å². The Labute approximate surface area is 168 Å². The fourth-order valence-corrected chi connectivity index (χ4v) is 3.18. The molecule has 0 aliphatic carbocycles. The molecule has 0 aliphatic heterocycles. The molecule has 5 nitrogen and oxygen atoms in total. The summed E-state index contributed by atoms with van der Waals surface area (Å²) in [6.07, 6.45) is 2.01. The molecule has 0 bridgehead atoms. The zero-order valence-corrected chi connectivity index (χ0v) is 17.1. The van der Waals surface area contributed by atoms with Crippen molar-refractivity contribution in [3.8, 4) is 0 Å². The normalized spacial score (nSPS) is 11.9. The van der Waals surface area contributed by atoms with Crippen molar-refractivity contribution in [3.05, 3.63) is 65.7 Å². The third-order valence-corrected chi connectivity index (χ3v) is 4.54. The molecular formula is C23H31N3O2. The Morgan fingerprint density at radius 1 is 0.929 bits per heavy atom. The molecule has 0 radical (unpaired) electrons. The van der Waals surface area contributed by atoms with Crippen LogP contribution in [-0.2, 0) is 4.79 Å². The Hall–Kier alpha value is -2.66. The molecule has 150 valence electrons. The van der Waals surface area contributed by atoms with Gasteiger partial charge in [-0.05, 0) is 50.6 Å². The van der Waals surface area contributed by atoms with Crippen LogP contribution in [0, 0.1) is 0 Å². The summed E-state index contributed by atoms with van der Waals surface area (Å²) < 4.78 is 0. The number of hydrogen-bond acceptors (Lipinski definition) is 3. The lowest BCUT2D eigenvalue weighted by Gasteiger charge is -2.21. The number of amides is 2. The average Bonchev–Trinajstić information content (AvgIpc) is 2.69. The van der Waals surface area contributed by atoms with Gasteiger partial charge in [0.05, 0.1) is 23.8 Å². The highest BCUT2D eigenvalue weighted by Gasteiger charge is 2.17. The zero-order chi connectivity index (χ0) is 20.4. The fraction of sp³-hybridized carbons (Fsp3) is 0.391. The van der Waals surface area contributed by atoms with Gasteiger partial charge in [-0.25, -0.2) is 0 Å². The summed E-state index contributed by atoms with van der Waals surface area (Å²) in [6.45, 7) is 8.26. The van der Waals surface area contributed by atoms with Gasteiger partial charge in [0.2, 0.25) is 5.91 Å². The van der Waals surface area contributed by atoms with Crippen molar-refractivity contribution in [2.75, 3.05) is 25.0 Å². The molecule has 2 aromatic carbocycles. The minimum atomic E-state index is -0.203. The highest BCUT2D eigenvalue weighted by atomic mass is 16.2. The largest absolute Gasteiger partial charge is 0.345 e. The first-order chi connectivity index (χ1) is 13.5. The first kappa shape index (κ1) is 21.6. The Bertz CT molecular complexity index is 755. The van der Waals surface area contributed by atoms with Crippen molar-refractivity contribution >= 4 is 17.5 Å². The molecule has 2 rings (SSSR count). The smallest absolute Gasteiger partial charge is 0.253 e. The molecule has 0 saturated heterocycles. The SMILES string of the molecule is CCCN(CCC)CC(=O)Nc1ccccc1C(=O)NC(C)c1ccccc1. The quantitative estimate of drug-likeness (QED) is 0.647. The van der Waals surface area contributed by atoms with Gasteiger partial charge in [0.15, 0.2) is 0 Å². The van der Waals surface area contributed by atoms with E-state index in [0.29, 0.717) is 17.8 Å². The van der Waals surface area contributed by atoms with Gasteiger partial charge in [-0.2, -0.15) is 0 Å². The van der Waals surface area contributed by atoms with Crippen LogP contribution in [0.25, 0.3) is 0 Å². The molecule has 0 heterocycles. The lowest BCUT2D eigenvalue weighted by atomic mass is 10.1. The third-order valence-electron chi connectivity index (χ3n) is 4.54. The number of rotatable bonds is 10. The number of carbonyl (C=O) groups excluding carboxylic acids is 2. The third kappa shape index (κ3) is 6.50. The van der Waals surface area contributed by atoms with E-state index in [0.717, 1.165) is 31.5 Å². The zero-order valence-electron chi connectivity index (χ0n) is 17.1. The molecule has 0 saturated carbocycles. The van der Waals surface area contributed by atoms with E-state index in [9.17, 15) is 9.59 Å². The second-order valence-corrected chi connectivity index (χ2v) is 6.98. The lowest BCUT2D eigenvalue weighted by molar-refractivity contribution is -0.117. The molecule has 2 aromatic rings. The van der Waals surface area contributed by atoms with Crippen molar-refractivity contribution < 1.29 is 9.59 Å². The minimum Gasteiger partial charge on any atom is -0.345 e. The number of anilines is 1. The van der Waals surface area contributed by atoms with Gasteiger partial charge in [-0.3, -0.25) is 14.5 Å². The fourth-order valence-electron chi connectivity index (χ4n) is 3.18. The highest BCUT2D eigenvalue weighted by molar-refractivity contribution is 6.04. The lowest BCUT2D eigenvalue weighted by Crippen LogP contribution is -2.35. The number of nitrogens with zero attached hydrogens (tertiary/aromatic N) is 1.